The van der Waals surface area contributed by atoms with Gasteiger partial charge in [0.1, 0.15) is 5.75 Å². The van der Waals surface area contributed by atoms with Crippen molar-refractivity contribution in [3.63, 3.8) is 0 Å². The molecule has 1 heterocycles. The summed E-state index contributed by atoms with van der Waals surface area (Å²) in [5.41, 5.74) is 3.02. The minimum atomic E-state index is -0.390. The van der Waals surface area contributed by atoms with E-state index in [1.165, 1.54) is 0 Å². The van der Waals surface area contributed by atoms with Crippen LogP contribution in [0.1, 0.15) is 34.3 Å². The van der Waals surface area contributed by atoms with E-state index < -0.39 is 5.54 Å². The molecule has 4 rings (SSSR count). The average Bonchev–Trinajstić information content (AvgIpc) is 3.41. The summed E-state index contributed by atoms with van der Waals surface area (Å²) in [5, 5.41) is 4.88. The number of methoxy groups -OCH3 is 1. The fourth-order valence-electron chi connectivity index (χ4n) is 3.39. The zero-order chi connectivity index (χ0) is 18.3. The number of nitrogens with zero attached hydrogens (tertiary/aromatic N) is 1. The molecule has 1 aromatic heterocycles. The minimum Gasteiger partial charge on any atom is -0.497 e. The Hall–Kier alpha value is -2.59. The number of aromatic nitrogens is 1. The Balaban J connectivity index is 1.72. The van der Waals surface area contributed by atoms with Crippen LogP contribution in [0.2, 0.25) is 5.02 Å². The second-order valence-corrected chi connectivity index (χ2v) is 7.18. The van der Waals surface area contributed by atoms with Crippen molar-refractivity contribution in [1.29, 1.82) is 0 Å². The number of benzene rings is 2. The van der Waals surface area contributed by atoms with Gasteiger partial charge in [0, 0.05) is 22.2 Å². The number of ether oxygens (including phenoxy) is 1. The Kier molecular flexibility index (Phi) is 4.08. The van der Waals surface area contributed by atoms with Gasteiger partial charge in [-0.05, 0) is 61.2 Å². The molecule has 2 aromatic carbocycles. The Bertz CT molecular complexity index is 1010. The maximum atomic E-state index is 13.0. The molecule has 0 bridgehead atoms. The first-order chi connectivity index (χ1) is 12.5. The molecule has 0 saturated heterocycles. The minimum absolute atomic E-state index is 0.101. The molecule has 0 aliphatic heterocycles. The van der Waals surface area contributed by atoms with Crippen LogP contribution in [0.15, 0.2) is 48.7 Å². The summed E-state index contributed by atoms with van der Waals surface area (Å²) < 4.78 is 5.26. The van der Waals surface area contributed by atoms with E-state index in [9.17, 15) is 4.79 Å². The second kappa shape index (κ2) is 6.29. The smallest absolute Gasteiger partial charge is 0.252 e. The van der Waals surface area contributed by atoms with Gasteiger partial charge in [0.25, 0.3) is 5.91 Å². The van der Waals surface area contributed by atoms with Crippen LogP contribution < -0.4 is 10.1 Å². The number of carbonyl (C=O) groups is 1. The van der Waals surface area contributed by atoms with Gasteiger partial charge in [0.05, 0.1) is 18.2 Å². The van der Waals surface area contributed by atoms with Gasteiger partial charge in [-0.15, -0.1) is 0 Å². The standard InChI is InChI=1S/C21H19ClN2O2/c1-13-5-6-15(26-2)12-17(13)20(25)24-21(7-8-21)18-10-14(22)11-19-16(18)4-3-9-23-19/h3-6,9-12H,7-8H2,1-2H3,(H,24,25). The fraction of sp³-hybridized carbons (Fsp3) is 0.238. The van der Waals surface area contributed by atoms with Gasteiger partial charge in [0.2, 0.25) is 0 Å². The van der Waals surface area contributed by atoms with Gasteiger partial charge in [0.15, 0.2) is 0 Å². The monoisotopic (exact) mass is 366 g/mol. The van der Waals surface area contributed by atoms with E-state index in [0.717, 1.165) is 34.9 Å². The molecule has 1 N–H and O–H groups in total. The lowest BCUT2D eigenvalue weighted by molar-refractivity contribution is 0.0930. The molecule has 5 heteroatoms. The number of nitrogens with one attached hydrogen (secondary N) is 1. The van der Waals surface area contributed by atoms with Crippen molar-refractivity contribution in [3.8, 4) is 5.75 Å². The molecular weight excluding hydrogens is 348 g/mol. The summed E-state index contributed by atoms with van der Waals surface area (Å²) in [6.07, 6.45) is 3.51. The van der Waals surface area contributed by atoms with Crippen LogP contribution in [0.25, 0.3) is 10.9 Å². The van der Waals surface area contributed by atoms with Crippen molar-refractivity contribution in [1.82, 2.24) is 10.3 Å². The molecule has 26 heavy (non-hydrogen) atoms. The van der Waals surface area contributed by atoms with Gasteiger partial charge in [-0.1, -0.05) is 23.7 Å². The predicted molar refractivity (Wildman–Crippen MR) is 103 cm³/mol. The maximum absolute atomic E-state index is 13.0. The third-order valence-corrected chi connectivity index (χ3v) is 5.21. The van der Waals surface area contributed by atoms with Gasteiger partial charge in [-0.25, -0.2) is 0 Å². The molecule has 0 atom stereocenters. The second-order valence-electron chi connectivity index (χ2n) is 6.74. The van der Waals surface area contributed by atoms with Gasteiger partial charge < -0.3 is 10.1 Å². The van der Waals surface area contributed by atoms with E-state index in [4.69, 9.17) is 16.3 Å². The van der Waals surface area contributed by atoms with Crippen LogP contribution >= 0.6 is 11.6 Å². The predicted octanol–water partition coefficient (Wildman–Crippen LogP) is 4.62. The molecule has 3 aromatic rings. The Morgan fingerprint density at radius 1 is 1.23 bits per heavy atom. The van der Waals surface area contributed by atoms with Crippen molar-refractivity contribution in [2.75, 3.05) is 7.11 Å². The van der Waals surface area contributed by atoms with Crippen LogP contribution in [0, 0.1) is 6.92 Å². The van der Waals surface area contributed by atoms with Crippen molar-refractivity contribution < 1.29 is 9.53 Å². The number of rotatable bonds is 4. The molecule has 1 aliphatic carbocycles. The highest BCUT2D eigenvalue weighted by Gasteiger charge is 2.47. The number of halogens is 1. The van der Waals surface area contributed by atoms with E-state index in [0.29, 0.717) is 16.3 Å². The lowest BCUT2D eigenvalue weighted by Gasteiger charge is -2.21. The lowest BCUT2D eigenvalue weighted by Crippen LogP contribution is -2.35. The van der Waals surface area contributed by atoms with E-state index >= 15 is 0 Å². The summed E-state index contributed by atoms with van der Waals surface area (Å²) >= 11 is 6.31. The fourth-order valence-corrected chi connectivity index (χ4v) is 3.60. The first-order valence-corrected chi connectivity index (χ1v) is 8.92. The van der Waals surface area contributed by atoms with Crippen molar-refractivity contribution in [3.05, 3.63) is 70.4 Å². The zero-order valence-corrected chi connectivity index (χ0v) is 15.4. The number of hydrogen-bond acceptors (Lipinski definition) is 3. The van der Waals surface area contributed by atoms with Crippen molar-refractivity contribution in [2.45, 2.75) is 25.3 Å². The topological polar surface area (TPSA) is 51.2 Å². The van der Waals surface area contributed by atoms with E-state index in [1.54, 1.807) is 19.4 Å². The Labute approximate surface area is 157 Å². The van der Waals surface area contributed by atoms with Gasteiger partial charge in [-0.2, -0.15) is 0 Å². The molecule has 132 valence electrons. The SMILES string of the molecule is COc1ccc(C)c(C(=O)NC2(c3cc(Cl)cc4ncccc34)CC2)c1. The van der Waals surface area contributed by atoms with Crippen LogP contribution in [-0.2, 0) is 5.54 Å². The zero-order valence-electron chi connectivity index (χ0n) is 14.7. The number of aryl methyl sites for hydroxylation is 1. The van der Waals surface area contributed by atoms with Crippen LogP contribution in [0.3, 0.4) is 0 Å². The number of fused-ring (bicyclic) bond motifs is 1. The molecule has 1 saturated carbocycles. The molecule has 0 radical (unpaired) electrons. The van der Waals surface area contributed by atoms with Crippen LogP contribution in [0.4, 0.5) is 0 Å². The quantitative estimate of drug-likeness (QED) is 0.732. The Morgan fingerprint density at radius 3 is 2.77 bits per heavy atom. The number of carbonyl (C=O) groups excluding carboxylic acids is 1. The van der Waals surface area contributed by atoms with E-state index in [1.807, 2.05) is 43.3 Å². The van der Waals surface area contributed by atoms with Gasteiger partial charge in [-0.3, -0.25) is 9.78 Å². The maximum Gasteiger partial charge on any atom is 0.252 e. The number of hydrogen-bond donors (Lipinski definition) is 1. The molecule has 1 aliphatic rings. The largest absolute Gasteiger partial charge is 0.497 e. The normalized spacial score (nSPS) is 14.9. The summed E-state index contributed by atoms with van der Waals surface area (Å²) in [6.45, 7) is 1.92. The Morgan fingerprint density at radius 2 is 2.04 bits per heavy atom. The molecule has 4 nitrogen and oxygen atoms in total. The highest BCUT2D eigenvalue weighted by Crippen LogP contribution is 2.48. The molecule has 0 spiro atoms. The van der Waals surface area contributed by atoms with E-state index in [-0.39, 0.29) is 5.91 Å². The highest BCUT2D eigenvalue weighted by molar-refractivity contribution is 6.31. The summed E-state index contributed by atoms with van der Waals surface area (Å²) in [4.78, 5) is 17.4. The summed E-state index contributed by atoms with van der Waals surface area (Å²) in [6, 6.07) is 13.3. The first kappa shape index (κ1) is 16.9. The van der Waals surface area contributed by atoms with Crippen LogP contribution in [0.5, 0.6) is 5.75 Å². The average molecular weight is 367 g/mol. The van der Waals surface area contributed by atoms with Crippen molar-refractivity contribution >= 4 is 28.4 Å². The highest BCUT2D eigenvalue weighted by atomic mass is 35.5. The van der Waals surface area contributed by atoms with Gasteiger partial charge >= 0.3 is 0 Å². The third-order valence-electron chi connectivity index (χ3n) is 4.99. The van der Waals surface area contributed by atoms with Crippen molar-refractivity contribution in [2.24, 2.45) is 0 Å². The number of pyridine rings is 1. The molecule has 1 amide bonds. The third kappa shape index (κ3) is 2.90. The number of amides is 1. The molecule has 0 unspecified atom stereocenters. The summed E-state index contributed by atoms with van der Waals surface area (Å²) in [7, 11) is 1.60. The van der Waals surface area contributed by atoms with Crippen LogP contribution in [-0.4, -0.2) is 18.0 Å². The molecule has 1 fully saturated rings. The molecular formula is C21H19ClN2O2. The summed E-state index contributed by atoms with van der Waals surface area (Å²) in [5.74, 6) is 0.568. The lowest BCUT2D eigenvalue weighted by atomic mass is 9.98. The first-order valence-electron chi connectivity index (χ1n) is 8.54. The van der Waals surface area contributed by atoms with E-state index in [2.05, 4.69) is 10.3 Å².